The van der Waals surface area contributed by atoms with Crippen molar-refractivity contribution in [3.05, 3.63) is 0 Å². The molecule has 8 nitrogen and oxygen atoms in total. The van der Waals surface area contributed by atoms with Gasteiger partial charge in [0.1, 0.15) is 12.2 Å². The van der Waals surface area contributed by atoms with Gasteiger partial charge in [-0.05, 0) is 25.7 Å². The molecule has 7 N–H and O–H groups in total. The number of amides is 1. The maximum absolute atomic E-state index is 11.5. The molecule has 1 aliphatic carbocycles. The molecule has 0 spiro atoms. The first-order valence-corrected chi connectivity index (χ1v) is 12.1. The van der Waals surface area contributed by atoms with Crippen LogP contribution in [0.25, 0.3) is 0 Å². The fourth-order valence-electron chi connectivity index (χ4n) is 6.22. The van der Waals surface area contributed by atoms with Crippen molar-refractivity contribution in [2.45, 2.75) is 76.0 Å². The minimum Gasteiger partial charge on any atom is -0.369 e. The second kappa shape index (κ2) is 8.77. The Kier molecular flexibility index (Phi) is 6.09. The summed E-state index contributed by atoms with van der Waals surface area (Å²) in [6.07, 6.45) is 10.7. The maximum atomic E-state index is 11.5. The van der Waals surface area contributed by atoms with Gasteiger partial charge in [0.2, 0.25) is 5.91 Å². The fraction of sp³-hybridized carbons (Fsp3) is 0.952. The number of primary amides is 1. The summed E-state index contributed by atoms with van der Waals surface area (Å²) in [4.78, 5) is 21.9. The molecule has 0 aromatic rings. The number of piperidine rings is 2. The van der Waals surface area contributed by atoms with Gasteiger partial charge in [0, 0.05) is 56.5 Å². The number of quaternary nitrogens is 2. The van der Waals surface area contributed by atoms with Crippen molar-refractivity contribution in [2.24, 2.45) is 23.5 Å². The van der Waals surface area contributed by atoms with Crippen LogP contribution < -0.4 is 26.7 Å². The van der Waals surface area contributed by atoms with E-state index in [-0.39, 0.29) is 24.2 Å². The third-order valence-electron chi connectivity index (χ3n) is 8.21. The summed E-state index contributed by atoms with van der Waals surface area (Å²) in [5.74, 6) is 1.52. The molecule has 5 fully saturated rings. The van der Waals surface area contributed by atoms with Gasteiger partial charge in [0.15, 0.2) is 6.23 Å². The fourth-order valence-corrected chi connectivity index (χ4v) is 6.22. The Bertz CT molecular complexity index is 580. The number of likely N-dealkylation sites (tertiary alicyclic amines) is 2. The number of carbonyl (C=O) groups is 1. The molecule has 6 atom stereocenters. The van der Waals surface area contributed by atoms with Crippen LogP contribution in [0.15, 0.2) is 0 Å². The van der Waals surface area contributed by atoms with Crippen LogP contribution in [-0.4, -0.2) is 68.1 Å². The first kappa shape index (κ1) is 20.2. The van der Waals surface area contributed by atoms with Gasteiger partial charge < -0.3 is 16.0 Å². The van der Waals surface area contributed by atoms with Gasteiger partial charge in [0.25, 0.3) is 0 Å². The highest BCUT2D eigenvalue weighted by Gasteiger charge is 2.45. The van der Waals surface area contributed by atoms with E-state index in [1.807, 2.05) is 0 Å². The molecule has 4 aliphatic heterocycles. The highest BCUT2D eigenvalue weighted by atomic mass is 16.7. The van der Waals surface area contributed by atoms with Crippen LogP contribution in [0.3, 0.4) is 0 Å². The molecular weight excluding hydrogens is 368 g/mol. The molecule has 5 aliphatic rings. The smallest absolute Gasteiger partial charge is 0.220 e. The zero-order chi connectivity index (χ0) is 19.8. The zero-order valence-corrected chi connectivity index (χ0v) is 17.7. The number of rotatable bonds is 6. The minimum absolute atomic E-state index is 0.0745. The second-order valence-corrected chi connectivity index (χ2v) is 10.2. The van der Waals surface area contributed by atoms with Crippen LogP contribution in [0.4, 0.5) is 0 Å². The molecule has 5 rings (SSSR count). The van der Waals surface area contributed by atoms with Gasteiger partial charge in [-0.15, -0.1) is 0 Å². The Balaban J connectivity index is 1.12. The number of hydrogen-bond acceptors (Lipinski definition) is 5. The molecular formula is C21H40N6O2+2. The van der Waals surface area contributed by atoms with Crippen LogP contribution in [-0.2, 0) is 9.63 Å². The molecule has 8 heteroatoms. The topological polar surface area (TPSA) is 101 Å². The molecule has 1 amide bonds. The molecule has 0 aromatic carbocycles. The monoisotopic (exact) mass is 408 g/mol. The molecule has 0 bridgehead atoms. The molecule has 4 heterocycles. The summed E-state index contributed by atoms with van der Waals surface area (Å²) in [6.45, 7) is 5.81. The summed E-state index contributed by atoms with van der Waals surface area (Å²) in [6, 6.07) is 0.604. The second-order valence-electron chi connectivity index (χ2n) is 10.2. The van der Waals surface area contributed by atoms with Crippen molar-refractivity contribution in [1.29, 1.82) is 0 Å². The number of carbonyl (C=O) groups excluding carboxylic acids is 1. The molecule has 164 valence electrons. The van der Waals surface area contributed by atoms with Crippen molar-refractivity contribution < 1.29 is 19.8 Å². The Morgan fingerprint density at radius 2 is 2.00 bits per heavy atom. The van der Waals surface area contributed by atoms with Gasteiger partial charge in [-0.25, -0.2) is 0 Å². The third-order valence-corrected chi connectivity index (χ3v) is 8.21. The van der Waals surface area contributed by atoms with Crippen molar-refractivity contribution in [2.75, 3.05) is 32.7 Å². The first-order valence-electron chi connectivity index (χ1n) is 12.1. The van der Waals surface area contributed by atoms with Gasteiger partial charge in [-0.1, -0.05) is 0 Å². The van der Waals surface area contributed by atoms with E-state index < -0.39 is 0 Å². The molecule has 6 unspecified atom stereocenters. The average molecular weight is 409 g/mol. The number of hydroxylamine groups is 1. The molecule has 0 radical (unpaired) electrons. The molecule has 0 aromatic heterocycles. The van der Waals surface area contributed by atoms with E-state index >= 15 is 0 Å². The zero-order valence-electron chi connectivity index (χ0n) is 17.7. The number of nitrogens with zero attached hydrogens (tertiary/aromatic N) is 1. The minimum atomic E-state index is -0.123. The summed E-state index contributed by atoms with van der Waals surface area (Å²) in [7, 11) is 0. The lowest BCUT2D eigenvalue weighted by atomic mass is 9.90. The SMILES string of the molecule is NC(=O)C1CCN(C2CC(C3NOC(C4CCC[NH+]4CC4CC4)N3)CC[NH2+]2)CC1. The Hall–Kier alpha value is -0.770. The third kappa shape index (κ3) is 4.62. The van der Waals surface area contributed by atoms with Gasteiger partial charge in [0.05, 0.1) is 25.8 Å². The van der Waals surface area contributed by atoms with Gasteiger partial charge in [-0.3, -0.25) is 19.8 Å². The lowest BCUT2D eigenvalue weighted by Gasteiger charge is -2.39. The summed E-state index contributed by atoms with van der Waals surface area (Å²) in [5.41, 5.74) is 8.87. The van der Waals surface area contributed by atoms with E-state index in [9.17, 15) is 4.79 Å². The summed E-state index contributed by atoms with van der Waals surface area (Å²) < 4.78 is 0. The standard InChI is InChI=1S/C21H38N6O2/c22-19(28)15-6-10-26(11-7-15)18-12-16(5-8-23-18)20-24-21(29-25-20)17-2-1-9-27(17)13-14-3-4-14/h14-18,20-21,23-25H,1-13H2,(H2,22,28)/p+2. The summed E-state index contributed by atoms with van der Waals surface area (Å²) >= 11 is 0. The average Bonchev–Trinajstić information content (AvgIpc) is 3.23. The van der Waals surface area contributed by atoms with E-state index in [4.69, 9.17) is 10.6 Å². The van der Waals surface area contributed by atoms with Crippen molar-refractivity contribution in [3.8, 4) is 0 Å². The van der Waals surface area contributed by atoms with E-state index in [2.05, 4.69) is 21.0 Å². The number of nitrogens with one attached hydrogen (secondary N) is 3. The largest absolute Gasteiger partial charge is 0.369 e. The van der Waals surface area contributed by atoms with Crippen LogP contribution in [0.1, 0.15) is 51.4 Å². The van der Waals surface area contributed by atoms with Gasteiger partial charge >= 0.3 is 0 Å². The van der Waals surface area contributed by atoms with E-state index in [0.29, 0.717) is 18.1 Å². The van der Waals surface area contributed by atoms with E-state index in [1.165, 1.54) is 51.6 Å². The Labute approximate surface area is 174 Å². The number of nitrogens with two attached hydrogens (primary N) is 2. The van der Waals surface area contributed by atoms with Crippen molar-refractivity contribution >= 4 is 5.91 Å². The van der Waals surface area contributed by atoms with E-state index in [1.54, 1.807) is 4.90 Å². The van der Waals surface area contributed by atoms with Crippen molar-refractivity contribution in [3.63, 3.8) is 0 Å². The normalized spacial score (nSPS) is 42.3. The van der Waals surface area contributed by atoms with Crippen LogP contribution in [0.5, 0.6) is 0 Å². The predicted octanol–water partition coefficient (Wildman–Crippen LogP) is -2.28. The summed E-state index contributed by atoms with van der Waals surface area (Å²) in [5, 5.41) is 6.32. The van der Waals surface area contributed by atoms with Crippen LogP contribution in [0.2, 0.25) is 0 Å². The predicted molar refractivity (Wildman–Crippen MR) is 108 cm³/mol. The lowest BCUT2D eigenvalue weighted by Crippen LogP contribution is -3.15. The maximum Gasteiger partial charge on any atom is 0.220 e. The molecule has 1 saturated carbocycles. The van der Waals surface area contributed by atoms with E-state index in [0.717, 1.165) is 38.4 Å². The molecule has 29 heavy (non-hydrogen) atoms. The Morgan fingerprint density at radius 1 is 1.17 bits per heavy atom. The van der Waals surface area contributed by atoms with Crippen LogP contribution in [0, 0.1) is 17.8 Å². The first-order chi connectivity index (χ1) is 14.2. The highest BCUT2D eigenvalue weighted by molar-refractivity contribution is 5.76. The highest BCUT2D eigenvalue weighted by Crippen LogP contribution is 2.28. The molecule has 4 saturated heterocycles. The van der Waals surface area contributed by atoms with Crippen LogP contribution >= 0.6 is 0 Å². The van der Waals surface area contributed by atoms with Crippen molar-refractivity contribution in [1.82, 2.24) is 15.7 Å². The lowest BCUT2D eigenvalue weighted by molar-refractivity contribution is -0.918. The number of hydrogen-bond donors (Lipinski definition) is 5. The Morgan fingerprint density at radius 3 is 2.76 bits per heavy atom. The van der Waals surface area contributed by atoms with Gasteiger partial charge in [-0.2, -0.15) is 5.48 Å². The quantitative estimate of drug-likeness (QED) is 0.341.